The van der Waals surface area contributed by atoms with E-state index < -0.39 is 0 Å². The molecule has 1 aromatic heterocycles. The highest BCUT2D eigenvalue weighted by Gasteiger charge is 2.08. The Morgan fingerprint density at radius 3 is 2.61 bits per heavy atom. The molecule has 1 rings (SSSR count). The number of unbranched alkanes of at least 4 members (excludes halogenated alkanes) is 2. The van der Waals surface area contributed by atoms with Crippen LogP contribution in [0.3, 0.4) is 0 Å². The third-order valence-corrected chi connectivity index (χ3v) is 3.26. The summed E-state index contributed by atoms with van der Waals surface area (Å²) in [5, 5.41) is 0. The van der Waals surface area contributed by atoms with Gasteiger partial charge in [-0.1, -0.05) is 6.42 Å². The topological polar surface area (TPSA) is 38.1 Å². The average molecular weight is 250 g/mol. The van der Waals surface area contributed by atoms with E-state index in [1.807, 2.05) is 31.9 Å². The molecule has 0 aliphatic heterocycles. The van der Waals surface area contributed by atoms with E-state index in [4.69, 9.17) is 0 Å². The van der Waals surface area contributed by atoms with Gasteiger partial charge in [0.1, 0.15) is 12.0 Å². The maximum Gasteiger partial charge on any atom is 0.222 e. The van der Waals surface area contributed by atoms with Gasteiger partial charge in [0.2, 0.25) is 5.91 Å². The predicted molar refractivity (Wildman–Crippen MR) is 72.2 cm³/mol. The molecule has 1 heterocycles. The first kappa shape index (κ1) is 14.7. The fraction of sp³-hybridized carbons (Fsp3) is 0.714. The third kappa shape index (κ3) is 4.51. The number of rotatable bonds is 8. The zero-order valence-corrected chi connectivity index (χ0v) is 11.8. The van der Waals surface area contributed by atoms with Crippen molar-refractivity contribution in [2.45, 2.75) is 53.0 Å². The Kier molecular flexibility index (Phi) is 6.47. The monoisotopic (exact) mass is 250 g/mol. The van der Waals surface area contributed by atoms with E-state index in [1.54, 1.807) is 0 Å². The normalized spacial score (nSPS) is 10.6. The minimum Gasteiger partial charge on any atom is -0.343 e. The fourth-order valence-corrected chi connectivity index (χ4v) is 2.05. The quantitative estimate of drug-likeness (QED) is 0.665. The van der Waals surface area contributed by atoms with Gasteiger partial charge in [0.05, 0.1) is 0 Å². The lowest BCUT2D eigenvalue weighted by Gasteiger charge is -2.18. The summed E-state index contributed by atoms with van der Waals surface area (Å²) in [5.41, 5.74) is 0. The predicted octanol–water partition coefficient (Wildman–Crippen LogP) is 2.42. The van der Waals surface area contributed by atoms with Gasteiger partial charge in [0.25, 0.3) is 0 Å². The highest BCUT2D eigenvalue weighted by atomic mass is 16.2. The van der Waals surface area contributed by atoms with Crippen LogP contribution in [-0.4, -0.2) is 33.4 Å². The van der Waals surface area contributed by atoms with Gasteiger partial charge in [-0.3, -0.25) is 4.79 Å². The van der Waals surface area contributed by atoms with Gasteiger partial charge in [-0.15, -0.1) is 0 Å². The van der Waals surface area contributed by atoms with Crippen LogP contribution >= 0.6 is 0 Å². The summed E-state index contributed by atoms with van der Waals surface area (Å²) < 4.78 is 2.10. The SMILES string of the molecule is CCN(CC)C(=O)CCCCCn1c[c]nc1C. The van der Waals surface area contributed by atoms with Crippen molar-refractivity contribution in [3.63, 3.8) is 0 Å². The Labute approximate surface area is 110 Å². The van der Waals surface area contributed by atoms with Crippen molar-refractivity contribution in [3.8, 4) is 0 Å². The van der Waals surface area contributed by atoms with Crippen LogP contribution in [-0.2, 0) is 11.3 Å². The summed E-state index contributed by atoms with van der Waals surface area (Å²) in [6.45, 7) is 8.65. The minimum absolute atomic E-state index is 0.284. The van der Waals surface area contributed by atoms with Crippen LogP contribution in [0.25, 0.3) is 0 Å². The van der Waals surface area contributed by atoms with Crippen molar-refractivity contribution >= 4 is 5.91 Å². The summed E-state index contributed by atoms with van der Waals surface area (Å²) in [6.07, 6.45) is 8.56. The standard InChI is InChI=1S/C14H24N3O/c1-4-16(5-2)14(18)9-7-6-8-11-17-12-10-15-13(17)3/h12H,4-9,11H2,1-3H3. The lowest BCUT2D eigenvalue weighted by molar-refractivity contribution is -0.130. The molecule has 0 fully saturated rings. The molecule has 0 unspecified atom stereocenters. The molecule has 0 saturated heterocycles. The van der Waals surface area contributed by atoms with E-state index in [9.17, 15) is 4.79 Å². The Morgan fingerprint density at radius 1 is 1.33 bits per heavy atom. The van der Waals surface area contributed by atoms with Gasteiger partial charge in [0.15, 0.2) is 0 Å². The summed E-state index contributed by atoms with van der Waals surface area (Å²) in [4.78, 5) is 17.7. The molecule has 0 spiro atoms. The number of nitrogens with zero attached hydrogens (tertiary/aromatic N) is 3. The molecule has 0 bridgehead atoms. The number of aryl methyl sites for hydroxylation is 2. The van der Waals surface area contributed by atoms with Crippen molar-refractivity contribution < 1.29 is 4.79 Å². The zero-order chi connectivity index (χ0) is 13.4. The molecule has 1 radical (unpaired) electrons. The van der Waals surface area contributed by atoms with Crippen molar-refractivity contribution in [3.05, 3.63) is 18.2 Å². The van der Waals surface area contributed by atoms with Crippen LogP contribution in [0, 0.1) is 13.1 Å². The molecular formula is C14H24N3O. The summed E-state index contributed by atoms with van der Waals surface area (Å²) in [7, 11) is 0. The number of hydrogen-bond acceptors (Lipinski definition) is 2. The van der Waals surface area contributed by atoms with Crippen LogP contribution in [0.15, 0.2) is 6.20 Å². The average Bonchev–Trinajstić information content (AvgIpc) is 2.76. The molecule has 0 saturated carbocycles. The molecule has 101 valence electrons. The molecular weight excluding hydrogens is 226 g/mol. The van der Waals surface area contributed by atoms with Gasteiger partial charge >= 0.3 is 0 Å². The van der Waals surface area contributed by atoms with E-state index >= 15 is 0 Å². The maximum absolute atomic E-state index is 11.8. The highest BCUT2D eigenvalue weighted by molar-refractivity contribution is 5.75. The van der Waals surface area contributed by atoms with Gasteiger partial charge in [0, 0.05) is 32.3 Å². The van der Waals surface area contributed by atoms with Crippen molar-refractivity contribution in [1.29, 1.82) is 0 Å². The maximum atomic E-state index is 11.8. The molecule has 4 heteroatoms. The second-order valence-corrected chi connectivity index (χ2v) is 4.49. The van der Waals surface area contributed by atoms with Gasteiger partial charge < -0.3 is 9.47 Å². The number of hydrogen-bond donors (Lipinski definition) is 0. The van der Waals surface area contributed by atoms with E-state index in [0.29, 0.717) is 6.42 Å². The third-order valence-electron chi connectivity index (χ3n) is 3.26. The zero-order valence-electron chi connectivity index (χ0n) is 11.8. The second-order valence-electron chi connectivity index (χ2n) is 4.49. The van der Waals surface area contributed by atoms with Crippen LogP contribution < -0.4 is 0 Å². The summed E-state index contributed by atoms with van der Waals surface area (Å²) >= 11 is 0. The van der Waals surface area contributed by atoms with Crippen LogP contribution in [0.5, 0.6) is 0 Å². The highest BCUT2D eigenvalue weighted by Crippen LogP contribution is 2.06. The second kappa shape index (κ2) is 7.90. The van der Waals surface area contributed by atoms with Crippen molar-refractivity contribution in [2.75, 3.05) is 13.1 Å². The van der Waals surface area contributed by atoms with Crippen molar-refractivity contribution in [2.24, 2.45) is 0 Å². The molecule has 1 amide bonds. The Hall–Kier alpha value is -1.32. The number of amides is 1. The van der Waals surface area contributed by atoms with Crippen molar-refractivity contribution in [1.82, 2.24) is 14.5 Å². The minimum atomic E-state index is 0.284. The van der Waals surface area contributed by atoms with E-state index in [1.165, 1.54) is 0 Å². The van der Waals surface area contributed by atoms with Crippen LogP contribution in [0.4, 0.5) is 0 Å². The molecule has 0 atom stereocenters. The Balaban J connectivity index is 2.12. The molecule has 1 aromatic rings. The lowest BCUT2D eigenvalue weighted by atomic mass is 10.1. The summed E-state index contributed by atoms with van der Waals surface area (Å²) in [5.74, 6) is 1.29. The van der Waals surface area contributed by atoms with E-state index in [2.05, 4.69) is 15.7 Å². The molecule has 4 nitrogen and oxygen atoms in total. The molecule has 0 aliphatic rings. The molecule has 18 heavy (non-hydrogen) atoms. The van der Waals surface area contributed by atoms with Crippen LogP contribution in [0.1, 0.15) is 45.4 Å². The largest absolute Gasteiger partial charge is 0.343 e. The molecule has 0 aromatic carbocycles. The number of carbonyl (C=O) groups excluding carboxylic acids is 1. The first-order valence-corrected chi connectivity index (χ1v) is 6.86. The first-order chi connectivity index (χ1) is 8.69. The Bertz CT molecular complexity index is 356. The van der Waals surface area contributed by atoms with Gasteiger partial charge in [-0.05, 0) is 33.6 Å². The van der Waals surface area contributed by atoms with E-state index in [0.717, 1.165) is 44.7 Å². The smallest absolute Gasteiger partial charge is 0.222 e. The molecule has 0 aliphatic carbocycles. The number of aromatic nitrogens is 2. The van der Waals surface area contributed by atoms with Crippen LogP contribution in [0.2, 0.25) is 0 Å². The van der Waals surface area contributed by atoms with Gasteiger partial charge in [-0.2, -0.15) is 0 Å². The fourth-order valence-electron chi connectivity index (χ4n) is 2.05. The van der Waals surface area contributed by atoms with Gasteiger partial charge in [-0.25, -0.2) is 4.98 Å². The Morgan fingerprint density at radius 2 is 2.06 bits per heavy atom. The first-order valence-electron chi connectivity index (χ1n) is 6.86. The summed E-state index contributed by atoms with van der Waals surface area (Å²) in [6, 6.07) is 0. The lowest BCUT2D eigenvalue weighted by Crippen LogP contribution is -2.30. The van der Waals surface area contributed by atoms with E-state index in [-0.39, 0.29) is 5.91 Å². The number of carbonyl (C=O) groups is 1. The molecule has 0 N–H and O–H groups in total. The number of imidazole rings is 1.